The van der Waals surface area contributed by atoms with Crippen molar-refractivity contribution in [2.75, 3.05) is 0 Å². The fraction of sp³-hybridized carbons (Fsp3) is 0.714. The molecule has 0 aliphatic carbocycles. The zero-order chi connectivity index (χ0) is 8.53. The second-order valence-corrected chi connectivity index (χ2v) is 2.20. The van der Waals surface area contributed by atoms with Gasteiger partial charge in [-0.1, -0.05) is 0 Å². The van der Waals surface area contributed by atoms with Crippen LogP contribution in [0.15, 0.2) is 5.11 Å². The van der Waals surface area contributed by atoms with Gasteiger partial charge in [-0.05, 0) is 12.8 Å². The first-order chi connectivity index (χ1) is 5.35. The Labute approximate surface area is 66.0 Å². The summed E-state index contributed by atoms with van der Waals surface area (Å²) in [5, 5.41) is 19.7. The summed E-state index contributed by atoms with van der Waals surface area (Å²) >= 11 is 0. The fourth-order valence-electron chi connectivity index (χ4n) is 0.734. The third-order valence-corrected chi connectivity index (χ3v) is 1.34. The van der Waals surface area contributed by atoms with Crippen molar-refractivity contribution in [3.63, 3.8) is 0 Å². The van der Waals surface area contributed by atoms with E-state index in [1.54, 1.807) is 0 Å². The third kappa shape index (κ3) is 5.05. The number of nitriles is 2. The van der Waals surface area contributed by atoms with Crippen molar-refractivity contribution in [1.82, 2.24) is 0 Å². The summed E-state index contributed by atoms with van der Waals surface area (Å²) in [4.78, 5) is 0. The Hall–Kier alpha value is -1.42. The summed E-state index contributed by atoms with van der Waals surface area (Å²) in [5.41, 5.74) is 6.69. The van der Waals surface area contributed by atoms with Crippen LogP contribution in [0.2, 0.25) is 0 Å². The van der Waals surface area contributed by atoms with Gasteiger partial charge in [0, 0.05) is 6.42 Å². The number of hydrogen-bond donors (Lipinski definition) is 1. The van der Waals surface area contributed by atoms with E-state index in [9.17, 15) is 0 Å². The average Bonchev–Trinajstić information content (AvgIpc) is 2.03. The molecule has 58 valence electrons. The molecule has 0 aromatic carbocycles. The number of unbranched alkanes of at least 4 members (excludes halogenated alkanes) is 1. The molecule has 0 rings (SSSR count). The lowest BCUT2D eigenvalue weighted by atomic mass is 10.1. The number of hydrogen-bond acceptors (Lipinski definition) is 4. The maximum Gasteiger partial charge on any atom is 0.0835 e. The van der Waals surface area contributed by atoms with E-state index in [0.717, 1.165) is 6.42 Å². The molecule has 0 aromatic heterocycles. The second kappa shape index (κ2) is 6.70. The summed E-state index contributed by atoms with van der Waals surface area (Å²) in [6, 6.07) is 3.75. The van der Waals surface area contributed by atoms with Gasteiger partial charge in [-0.15, -0.1) is 0 Å². The smallest absolute Gasteiger partial charge is 0.0835 e. The first-order valence-corrected chi connectivity index (χ1v) is 3.45. The minimum Gasteiger partial charge on any atom is -0.210 e. The van der Waals surface area contributed by atoms with Crippen LogP contribution in [-0.2, 0) is 0 Å². The van der Waals surface area contributed by atoms with Crippen molar-refractivity contribution >= 4 is 0 Å². The van der Waals surface area contributed by atoms with E-state index in [0.29, 0.717) is 12.8 Å². The molecule has 1 N–H and O–H groups in total. The lowest BCUT2D eigenvalue weighted by molar-refractivity contribution is 0.567. The van der Waals surface area contributed by atoms with E-state index in [4.69, 9.17) is 16.1 Å². The van der Waals surface area contributed by atoms with Crippen LogP contribution < -0.4 is 0 Å². The number of nitrogens with one attached hydrogen (secondary N) is 1. The Balaban J connectivity index is 3.47. The van der Waals surface area contributed by atoms with Crippen molar-refractivity contribution in [2.24, 2.45) is 5.11 Å². The summed E-state index contributed by atoms with van der Waals surface area (Å²) < 4.78 is 0. The van der Waals surface area contributed by atoms with Crippen LogP contribution in [0.1, 0.15) is 25.7 Å². The molecule has 0 spiro atoms. The van der Waals surface area contributed by atoms with E-state index in [2.05, 4.69) is 5.11 Å². The monoisotopic (exact) mass is 150 g/mol. The lowest BCUT2D eigenvalue weighted by Crippen LogP contribution is -2.01. The zero-order valence-electron chi connectivity index (χ0n) is 6.25. The highest BCUT2D eigenvalue weighted by atomic mass is 15.0. The minimum atomic E-state index is -0.201. The molecular weight excluding hydrogens is 140 g/mol. The van der Waals surface area contributed by atoms with Gasteiger partial charge in [0.15, 0.2) is 0 Å². The van der Waals surface area contributed by atoms with E-state index < -0.39 is 0 Å². The van der Waals surface area contributed by atoms with Crippen LogP contribution in [-0.4, -0.2) is 6.04 Å². The molecule has 0 saturated carbocycles. The van der Waals surface area contributed by atoms with Gasteiger partial charge in [-0.3, -0.25) is 0 Å². The number of rotatable bonds is 5. The summed E-state index contributed by atoms with van der Waals surface area (Å²) in [6.07, 6.45) is 2.17. The Bertz CT molecular complexity index is 186. The molecule has 0 fully saturated rings. The molecule has 0 heterocycles. The third-order valence-electron chi connectivity index (χ3n) is 1.34. The average molecular weight is 150 g/mol. The summed E-state index contributed by atoms with van der Waals surface area (Å²) in [5.74, 6) is 0. The Morgan fingerprint density at radius 2 is 2.09 bits per heavy atom. The van der Waals surface area contributed by atoms with E-state index >= 15 is 0 Å². The zero-order valence-corrected chi connectivity index (χ0v) is 6.25. The van der Waals surface area contributed by atoms with Crippen molar-refractivity contribution in [3.8, 4) is 12.1 Å². The summed E-state index contributed by atoms with van der Waals surface area (Å²) in [6.45, 7) is 0. The second-order valence-electron chi connectivity index (χ2n) is 2.20. The Morgan fingerprint density at radius 3 is 2.55 bits per heavy atom. The largest absolute Gasteiger partial charge is 0.210 e. The Kier molecular flexibility index (Phi) is 5.83. The van der Waals surface area contributed by atoms with Crippen LogP contribution in [0.3, 0.4) is 0 Å². The topological polar surface area (TPSA) is 83.8 Å². The first kappa shape index (κ1) is 9.58. The van der Waals surface area contributed by atoms with Crippen molar-refractivity contribution in [2.45, 2.75) is 31.7 Å². The van der Waals surface area contributed by atoms with Gasteiger partial charge in [-0.25, -0.2) is 5.53 Å². The maximum absolute atomic E-state index is 8.27. The van der Waals surface area contributed by atoms with Crippen LogP contribution in [0, 0.1) is 28.2 Å². The molecule has 0 radical (unpaired) electrons. The maximum atomic E-state index is 8.27. The van der Waals surface area contributed by atoms with Gasteiger partial charge in [0.1, 0.15) is 0 Å². The highest BCUT2D eigenvalue weighted by molar-refractivity contribution is 4.80. The predicted molar refractivity (Wildman–Crippen MR) is 38.6 cm³/mol. The normalized spacial score (nSPS) is 11.1. The van der Waals surface area contributed by atoms with E-state index in [-0.39, 0.29) is 12.5 Å². The Morgan fingerprint density at radius 1 is 1.36 bits per heavy atom. The molecule has 0 aliphatic rings. The summed E-state index contributed by atoms with van der Waals surface area (Å²) in [7, 11) is 0. The molecule has 11 heavy (non-hydrogen) atoms. The highest BCUT2D eigenvalue weighted by Crippen LogP contribution is 2.06. The molecule has 1 unspecified atom stereocenters. The van der Waals surface area contributed by atoms with Gasteiger partial charge >= 0.3 is 0 Å². The van der Waals surface area contributed by atoms with Crippen molar-refractivity contribution in [1.29, 1.82) is 16.1 Å². The molecule has 4 nitrogen and oxygen atoms in total. The molecule has 0 amide bonds. The van der Waals surface area contributed by atoms with Gasteiger partial charge < -0.3 is 0 Å². The first-order valence-electron chi connectivity index (χ1n) is 3.45. The number of nitrogens with zero attached hydrogens (tertiary/aromatic N) is 3. The molecular formula is C7H10N4. The molecule has 0 aromatic rings. The van der Waals surface area contributed by atoms with Gasteiger partial charge in [0.25, 0.3) is 0 Å². The lowest BCUT2D eigenvalue weighted by Gasteiger charge is -2.02. The van der Waals surface area contributed by atoms with Crippen LogP contribution in [0.25, 0.3) is 0 Å². The molecule has 0 aliphatic heterocycles. The van der Waals surface area contributed by atoms with Crippen LogP contribution in [0.4, 0.5) is 0 Å². The highest BCUT2D eigenvalue weighted by Gasteiger charge is 2.04. The molecule has 0 saturated heterocycles. The van der Waals surface area contributed by atoms with Crippen LogP contribution >= 0.6 is 0 Å². The SMILES string of the molecule is N#CCCCC(CC#N)N=N. The predicted octanol–water partition coefficient (Wildman–Crippen LogP) is 1.99. The van der Waals surface area contributed by atoms with Gasteiger partial charge in [0.2, 0.25) is 0 Å². The minimum absolute atomic E-state index is 0.201. The molecule has 0 bridgehead atoms. The fourth-order valence-corrected chi connectivity index (χ4v) is 0.734. The van der Waals surface area contributed by atoms with Crippen molar-refractivity contribution in [3.05, 3.63) is 0 Å². The standard InChI is InChI=1S/C7H10N4/c8-5-2-1-3-7(11-10)4-6-9/h7,10H,1-4H2. The van der Waals surface area contributed by atoms with E-state index in [1.165, 1.54) is 0 Å². The van der Waals surface area contributed by atoms with E-state index in [1.807, 2.05) is 12.1 Å². The van der Waals surface area contributed by atoms with Crippen LogP contribution in [0.5, 0.6) is 0 Å². The molecule has 1 atom stereocenters. The van der Waals surface area contributed by atoms with Crippen molar-refractivity contribution < 1.29 is 0 Å². The quantitative estimate of drug-likeness (QED) is 0.480. The van der Waals surface area contributed by atoms with Gasteiger partial charge in [-0.2, -0.15) is 15.6 Å². The van der Waals surface area contributed by atoms with Gasteiger partial charge in [0.05, 0.1) is 24.6 Å². The molecule has 4 heteroatoms.